The Morgan fingerprint density at radius 1 is 0.589 bits per heavy atom. The maximum atomic E-state index is 12.8. The Hall–Kier alpha value is -7.41. The largest absolute Gasteiger partial charge is 0.493 e. The number of rotatable bonds is 9. The van der Waals surface area contributed by atoms with Crippen molar-refractivity contribution in [3.8, 4) is 57.3 Å². The summed E-state index contributed by atoms with van der Waals surface area (Å²) >= 11 is 0. The molecule has 0 fully saturated rings. The second kappa shape index (κ2) is 16.7. The number of nitrogens with zero attached hydrogens (tertiary/aromatic N) is 3. The van der Waals surface area contributed by atoms with Crippen molar-refractivity contribution in [2.75, 3.05) is 7.11 Å². The van der Waals surface area contributed by atoms with Crippen molar-refractivity contribution in [2.24, 2.45) is 11.5 Å². The molecule has 0 spiro atoms. The maximum Gasteiger partial charge on any atom is 0.416 e. The van der Waals surface area contributed by atoms with Crippen LogP contribution >= 0.6 is 0 Å². The van der Waals surface area contributed by atoms with Gasteiger partial charge < -0.3 is 25.7 Å². The minimum absolute atomic E-state index is 0.0112. The van der Waals surface area contributed by atoms with Crippen molar-refractivity contribution >= 4 is 11.8 Å². The molecule has 284 valence electrons. The third kappa shape index (κ3) is 9.96. The van der Waals surface area contributed by atoms with Gasteiger partial charge in [-0.05, 0) is 109 Å². The molecular formula is C40H27F6N5O5. The first-order chi connectivity index (χ1) is 26.5. The van der Waals surface area contributed by atoms with E-state index in [0.29, 0.717) is 28.5 Å². The zero-order chi connectivity index (χ0) is 40.6. The van der Waals surface area contributed by atoms with Crippen molar-refractivity contribution in [3.63, 3.8) is 0 Å². The molecule has 10 nitrogen and oxygen atoms in total. The molecular weight excluding hydrogens is 744 g/mol. The van der Waals surface area contributed by atoms with E-state index in [1.807, 2.05) is 0 Å². The molecule has 0 bridgehead atoms. The molecule has 0 aliphatic heterocycles. The zero-order valence-electron chi connectivity index (χ0n) is 28.9. The van der Waals surface area contributed by atoms with E-state index in [-0.39, 0.29) is 34.2 Å². The van der Waals surface area contributed by atoms with E-state index in [1.54, 1.807) is 78.9 Å². The molecule has 56 heavy (non-hydrogen) atoms. The van der Waals surface area contributed by atoms with Crippen LogP contribution in [0.1, 0.15) is 37.7 Å². The Labute approximate surface area is 314 Å². The molecule has 0 radical (unpaired) electrons. The van der Waals surface area contributed by atoms with Crippen molar-refractivity contribution in [1.29, 1.82) is 5.26 Å². The number of amides is 2. The lowest BCUT2D eigenvalue weighted by Gasteiger charge is -2.13. The summed E-state index contributed by atoms with van der Waals surface area (Å²) in [5, 5.41) is 9.11. The normalized spacial score (nSPS) is 11.0. The fourth-order valence-corrected chi connectivity index (χ4v) is 4.92. The zero-order valence-corrected chi connectivity index (χ0v) is 28.9. The number of primary amides is 2. The van der Waals surface area contributed by atoms with Crippen LogP contribution in [0.25, 0.3) is 22.5 Å². The van der Waals surface area contributed by atoms with E-state index in [2.05, 4.69) is 9.97 Å². The number of hydrogen-bond acceptors (Lipinski definition) is 8. The second-order valence-corrected chi connectivity index (χ2v) is 11.5. The summed E-state index contributed by atoms with van der Waals surface area (Å²) in [4.78, 5) is 30.8. The van der Waals surface area contributed by atoms with Crippen molar-refractivity contribution < 1.29 is 50.1 Å². The molecule has 0 saturated heterocycles. The first kappa shape index (κ1) is 39.8. The number of hydrogen-bond donors (Lipinski definition) is 2. The number of nitriles is 1. The van der Waals surface area contributed by atoms with E-state index in [0.717, 1.165) is 35.9 Å². The van der Waals surface area contributed by atoms with Crippen LogP contribution in [0.5, 0.6) is 28.7 Å². The molecule has 4 aromatic carbocycles. The number of alkyl halides is 6. The summed E-state index contributed by atoms with van der Waals surface area (Å²) in [6.45, 7) is 0. The number of ether oxygens (including phenoxy) is 3. The molecule has 6 aromatic rings. The predicted octanol–water partition coefficient (Wildman–Crippen LogP) is 9.20. The van der Waals surface area contributed by atoms with Crippen LogP contribution in [-0.2, 0) is 12.4 Å². The highest BCUT2D eigenvalue weighted by atomic mass is 19.4. The Balaban J connectivity index is 0.000000214. The van der Waals surface area contributed by atoms with Crippen LogP contribution < -0.4 is 25.7 Å². The monoisotopic (exact) mass is 771 g/mol. The van der Waals surface area contributed by atoms with E-state index >= 15 is 0 Å². The summed E-state index contributed by atoms with van der Waals surface area (Å²) in [5.41, 5.74) is 11.2. The maximum absolute atomic E-state index is 12.8. The molecule has 0 atom stereocenters. The van der Waals surface area contributed by atoms with Crippen LogP contribution in [-0.4, -0.2) is 28.9 Å². The number of aromatic nitrogens is 2. The number of pyridine rings is 2. The SMILES string of the molecule is COc1cc(C(F)(F)F)ccc1Oc1ccc(-c2cccc(C(N)=O)n2)cc1.N#Cc1cc(C(F)(F)F)ccc1Oc1ccc(-c2cccc(C(N)=O)n2)cc1. The third-order valence-corrected chi connectivity index (χ3v) is 7.68. The number of carbonyl (C=O) groups excluding carboxylic acids is 2. The lowest BCUT2D eigenvalue weighted by Crippen LogP contribution is -2.12. The Morgan fingerprint density at radius 3 is 1.43 bits per heavy atom. The number of nitrogens with two attached hydrogens (primary N) is 2. The smallest absolute Gasteiger partial charge is 0.416 e. The van der Waals surface area contributed by atoms with Gasteiger partial charge in [0.2, 0.25) is 0 Å². The highest BCUT2D eigenvalue weighted by molar-refractivity contribution is 5.91. The summed E-state index contributed by atoms with van der Waals surface area (Å²) in [5.74, 6) is -0.424. The molecule has 0 aliphatic carbocycles. The van der Waals surface area contributed by atoms with Gasteiger partial charge in [-0.25, -0.2) is 9.97 Å². The van der Waals surface area contributed by atoms with Crippen molar-refractivity contribution in [1.82, 2.24) is 9.97 Å². The fourth-order valence-electron chi connectivity index (χ4n) is 4.92. The van der Waals surface area contributed by atoms with Gasteiger partial charge in [-0.1, -0.05) is 12.1 Å². The van der Waals surface area contributed by atoms with Crippen molar-refractivity contribution in [2.45, 2.75) is 12.4 Å². The van der Waals surface area contributed by atoms with E-state index in [1.165, 1.54) is 25.3 Å². The highest BCUT2D eigenvalue weighted by Crippen LogP contribution is 2.38. The van der Waals surface area contributed by atoms with Crippen LogP contribution in [0.3, 0.4) is 0 Å². The second-order valence-electron chi connectivity index (χ2n) is 11.5. The topological polar surface area (TPSA) is 163 Å². The average molecular weight is 772 g/mol. The van der Waals surface area contributed by atoms with Gasteiger partial charge in [-0.2, -0.15) is 31.6 Å². The minimum Gasteiger partial charge on any atom is -0.493 e. The molecule has 2 amide bonds. The number of methoxy groups -OCH3 is 1. The molecule has 0 aliphatic rings. The van der Waals surface area contributed by atoms with Crippen LogP contribution in [0, 0.1) is 11.3 Å². The minimum atomic E-state index is -4.54. The number of carbonyl (C=O) groups is 2. The Bertz CT molecular complexity index is 2410. The molecule has 2 aromatic heterocycles. The first-order valence-corrected chi connectivity index (χ1v) is 16.0. The van der Waals surface area contributed by atoms with Crippen LogP contribution in [0.15, 0.2) is 121 Å². The highest BCUT2D eigenvalue weighted by Gasteiger charge is 2.32. The number of benzene rings is 4. The summed E-state index contributed by atoms with van der Waals surface area (Å²) in [7, 11) is 1.27. The Kier molecular flexibility index (Phi) is 11.9. The summed E-state index contributed by atoms with van der Waals surface area (Å²) in [6.07, 6.45) is -9.02. The fraction of sp³-hybridized carbons (Fsp3) is 0.0750. The quantitative estimate of drug-likeness (QED) is 0.137. The molecule has 2 heterocycles. The van der Waals surface area contributed by atoms with E-state index < -0.39 is 35.3 Å². The summed E-state index contributed by atoms with van der Waals surface area (Å²) in [6, 6.07) is 30.3. The van der Waals surface area contributed by atoms with Gasteiger partial charge in [0.05, 0.1) is 35.2 Å². The molecule has 0 unspecified atom stereocenters. The first-order valence-electron chi connectivity index (χ1n) is 16.0. The van der Waals surface area contributed by atoms with Gasteiger partial charge in [0.1, 0.15) is 34.7 Å². The molecule has 6 rings (SSSR count). The lowest BCUT2D eigenvalue weighted by molar-refractivity contribution is -0.138. The average Bonchev–Trinajstić information content (AvgIpc) is 3.18. The van der Waals surface area contributed by atoms with Gasteiger partial charge in [-0.3, -0.25) is 9.59 Å². The van der Waals surface area contributed by atoms with Gasteiger partial charge in [0.15, 0.2) is 11.5 Å². The van der Waals surface area contributed by atoms with Crippen LogP contribution in [0.2, 0.25) is 0 Å². The van der Waals surface area contributed by atoms with E-state index in [9.17, 15) is 35.9 Å². The van der Waals surface area contributed by atoms with Gasteiger partial charge in [-0.15, -0.1) is 0 Å². The number of halogens is 6. The predicted molar refractivity (Wildman–Crippen MR) is 191 cm³/mol. The standard InChI is InChI=1S/C20H12F3N3O2.C20H15F3N2O3/c21-20(22,23)14-6-9-18(13(10-14)11-24)28-15-7-4-12(5-8-15)16-2-1-3-17(26-16)19(25)27;1-27-18-11-13(20(21,22)23)7-10-17(18)28-14-8-5-12(6-9-14)15-3-2-4-16(25-15)19(24)26/h1-10H,(H2,25,27);2-11H,1H3,(H2,24,26). The molecule has 4 N–H and O–H groups in total. The lowest BCUT2D eigenvalue weighted by atomic mass is 10.1. The van der Waals surface area contributed by atoms with Gasteiger partial charge >= 0.3 is 12.4 Å². The van der Waals surface area contributed by atoms with Crippen LogP contribution in [0.4, 0.5) is 26.3 Å². The molecule has 0 saturated carbocycles. The summed E-state index contributed by atoms with van der Waals surface area (Å²) < 4.78 is 92.9. The third-order valence-electron chi connectivity index (χ3n) is 7.68. The van der Waals surface area contributed by atoms with Gasteiger partial charge in [0, 0.05) is 11.1 Å². The Morgan fingerprint density at radius 2 is 1.02 bits per heavy atom. The van der Waals surface area contributed by atoms with Gasteiger partial charge in [0.25, 0.3) is 11.8 Å². The van der Waals surface area contributed by atoms with E-state index in [4.69, 9.17) is 30.9 Å². The molecule has 16 heteroatoms. The van der Waals surface area contributed by atoms with Crippen molar-refractivity contribution in [3.05, 3.63) is 149 Å².